The van der Waals surface area contributed by atoms with Crippen LogP contribution >= 0.6 is 22.9 Å². The van der Waals surface area contributed by atoms with Crippen LogP contribution in [0.15, 0.2) is 81.3 Å². The number of hydrogen-bond donors (Lipinski definition) is 2. The number of hydrogen-bond acceptors (Lipinski definition) is 15. The van der Waals surface area contributed by atoms with Gasteiger partial charge in [-0.1, -0.05) is 62.7 Å². The molecule has 0 spiro atoms. The summed E-state index contributed by atoms with van der Waals surface area (Å²) in [5.74, 6) is 1.15. The molecular weight excluding hydrogens is 1010 g/mol. The Hall–Kier alpha value is -7.55. The van der Waals surface area contributed by atoms with Crippen molar-refractivity contribution in [1.82, 2.24) is 49.7 Å². The molecular formula is C55H60ClN11O8S. The Morgan fingerprint density at radius 1 is 0.921 bits per heavy atom. The molecule has 396 valence electrons. The zero-order valence-electron chi connectivity index (χ0n) is 44.3. The number of amides is 2. The van der Waals surface area contributed by atoms with Crippen LogP contribution in [0.25, 0.3) is 38.1 Å². The highest BCUT2D eigenvalue weighted by Gasteiger charge is 2.35. The van der Waals surface area contributed by atoms with Gasteiger partial charge in [-0.2, -0.15) is 0 Å². The minimum absolute atomic E-state index is 0.0551. The van der Waals surface area contributed by atoms with Gasteiger partial charge in [-0.05, 0) is 76.6 Å². The minimum atomic E-state index is -0.697. The van der Waals surface area contributed by atoms with E-state index < -0.39 is 34.6 Å². The Kier molecular flexibility index (Phi) is 14.9. The molecule has 0 unspecified atom stereocenters. The molecule has 0 bridgehead atoms. The summed E-state index contributed by atoms with van der Waals surface area (Å²) < 4.78 is 27.7. The number of thiophene rings is 1. The van der Waals surface area contributed by atoms with Crippen molar-refractivity contribution in [2.24, 2.45) is 15.8 Å². The van der Waals surface area contributed by atoms with Crippen molar-refractivity contribution in [2.75, 3.05) is 40.5 Å². The summed E-state index contributed by atoms with van der Waals surface area (Å²) in [6, 6.07) is 15.4. The predicted molar refractivity (Wildman–Crippen MR) is 290 cm³/mol. The van der Waals surface area contributed by atoms with Gasteiger partial charge in [0.05, 0.1) is 90.2 Å². The smallest absolute Gasteiger partial charge is 0.330 e. The van der Waals surface area contributed by atoms with Crippen molar-refractivity contribution >= 4 is 68.4 Å². The number of pyridine rings is 2. The highest BCUT2D eigenvalue weighted by Crippen LogP contribution is 2.42. The monoisotopic (exact) mass is 1070 g/mol. The molecule has 2 amide bonds. The van der Waals surface area contributed by atoms with Crippen LogP contribution in [0.1, 0.15) is 108 Å². The lowest BCUT2D eigenvalue weighted by Crippen LogP contribution is -2.41. The van der Waals surface area contributed by atoms with Crippen molar-refractivity contribution in [3.8, 4) is 21.9 Å². The summed E-state index contributed by atoms with van der Waals surface area (Å²) in [5, 5.41) is 21.0. The van der Waals surface area contributed by atoms with Crippen LogP contribution in [0.4, 0.5) is 0 Å². The Labute approximate surface area is 447 Å². The number of methoxy groups -OCH3 is 2. The van der Waals surface area contributed by atoms with Gasteiger partial charge in [-0.3, -0.25) is 43.0 Å². The molecule has 1 aliphatic rings. The fourth-order valence-electron chi connectivity index (χ4n) is 9.60. The van der Waals surface area contributed by atoms with Gasteiger partial charge < -0.3 is 29.4 Å². The molecule has 0 radical (unpaired) electrons. The number of benzene rings is 2. The number of imidazole rings is 1. The van der Waals surface area contributed by atoms with Crippen LogP contribution < -0.4 is 21.1 Å². The first-order chi connectivity index (χ1) is 36.2. The van der Waals surface area contributed by atoms with E-state index in [1.807, 2.05) is 109 Å². The number of carbonyl (C=O) groups excluding carboxylic acids is 3. The van der Waals surface area contributed by atoms with Gasteiger partial charge in [0.1, 0.15) is 34.9 Å². The van der Waals surface area contributed by atoms with E-state index in [2.05, 4.69) is 31.0 Å². The van der Waals surface area contributed by atoms with Gasteiger partial charge in [-0.25, -0.2) is 4.79 Å². The van der Waals surface area contributed by atoms with Crippen LogP contribution in [0, 0.1) is 38.5 Å². The molecule has 19 nitrogen and oxygen atoms in total. The van der Waals surface area contributed by atoms with Crippen LogP contribution in [0.5, 0.6) is 5.75 Å². The van der Waals surface area contributed by atoms with E-state index in [0.29, 0.717) is 102 Å². The molecule has 76 heavy (non-hydrogen) atoms. The third kappa shape index (κ3) is 10.4. The van der Waals surface area contributed by atoms with Gasteiger partial charge in [0.2, 0.25) is 5.91 Å². The number of ether oxygens (including phenoxy) is 3. The number of aromatic nitrogens is 8. The number of esters is 1. The minimum Gasteiger partial charge on any atom is -0.496 e. The number of aryl methyl sites for hydroxylation is 3. The average Bonchev–Trinajstić information content (AvgIpc) is 4.15. The van der Waals surface area contributed by atoms with E-state index in [0.717, 1.165) is 22.3 Å². The lowest BCUT2D eigenvalue weighted by atomic mass is 9.93. The van der Waals surface area contributed by atoms with E-state index in [1.54, 1.807) is 36.2 Å². The molecule has 6 aromatic heterocycles. The standard InChI is InChI=1S/C55H60ClN11O8S/c1-29-45-47(34-15-17-35(56)18-16-34)61-40(22-44(69)73-11)50-63-62-33(5)67(50)52(45)76-49(29)51(70)60-26-55(8,9)28-74-27-54(6,7)25-59-43(68)24-65-41-23-58-39-20-37(46-30(2)64-75-32(46)4)42(72-10)21-36(39)48(41)66(53(65)71)31(3)38-14-12-13-19-57-38/h12-21,23,31,40H,22,24-28H2,1-11H3,(H,59,68)(H,60,70)/t31-,40+/m1/s1. The quantitative estimate of drug-likeness (QED) is 0.0769. The Balaban J connectivity index is 0.877. The molecule has 0 saturated heterocycles. The number of fused-ring (bicyclic) bond motifs is 6. The van der Waals surface area contributed by atoms with E-state index in [-0.39, 0.29) is 31.3 Å². The van der Waals surface area contributed by atoms with Gasteiger partial charge in [-0.15, -0.1) is 21.5 Å². The summed E-state index contributed by atoms with van der Waals surface area (Å²) >= 11 is 7.59. The molecule has 9 rings (SSSR count). The Bertz CT molecular complexity index is 3610. The summed E-state index contributed by atoms with van der Waals surface area (Å²) in [4.78, 5) is 70.2. The number of nitrogens with one attached hydrogen (secondary N) is 2. The average molecular weight is 1070 g/mol. The Morgan fingerprint density at radius 3 is 2.30 bits per heavy atom. The van der Waals surface area contributed by atoms with Gasteiger partial charge >= 0.3 is 11.7 Å². The second-order valence-corrected chi connectivity index (χ2v) is 22.1. The Morgan fingerprint density at radius 2 is 1.64 bits per heavy atom. The zero-order valence-corrected chi connectivity index (χ0v) is 45.9. The van der Waals surface area contributed by atoms with Crippen molar-refractivity contribution in [3.63, 3.8) is 0 Å². The van der Waals surface area contributed by atoms with Crippen molar-refractivity contribution in [1.29, 1.82) is 0 Å². The molecule has 2 N–H and O–H groups in total. The first-order valence-electron chi connectivity index (χ1n) is 24.8. The normalized spacial score (nSPS) is 14.0. The maximum Gasteiger partial charge on any atom is 0.330 e. The van der Waals surface area contributed by atoms with E-state index in [9.17, 15) is 19.2 Å². The lowest BCUT2D eigenvalue weighted by Gasteiger charge is -2.29. The van der Waals surface area contributed by atoms with Gasteiger partial charge in [0.25, 0.3) is 5.91 Å². The molecule has 2 aromatic carbocycles. The van der Waals surface area contributed by atoms with Crippen LogP contribution in [-0.4, -0.2) is 103 Å². The fraction of sp³-hybridized carbons (Fsp3) is 0.382. The summed E-state index contributed by atoms with van der Waals surface area (Å²) in [5.41, 5.74) is 6.00. The fourth-order valence-corrected chi connectivity index (χ4v) is 11.0. The molecule has 21 heteroatoms. The third-order valence-electron chi connectivity index (χ3n) is 13.6. The summed E-state index contributed by atoms with van der Waals surface area (Å²) in [6.45, 7) is 18.2. The maximum atomic E-state index is 14.6. The zero-order chi connectivity index (χ0) is 54.4. The largest absolute Gasteiger partial charge is 0.496 e. The molecule has 0 fully saturated rings. The first kappa shape index (κ1) is 53.3. The number of carbonyl (C=O) groups is 3. The number of nitrogens with zero attached hydrogens (tertiary/aromatic N) is 9. The van der Waals surface area contributed by atoms with E-state index >= 15 is 0 Å². The molecule has 7 heterocycles. The van der Waals surface area contributed by atoms with Crippen molar-refractivity contribution in [3.05, 3.63) is 133 Å². The van der Waals surface area contributed by atoms with Crippen LogP contribution in [0.3, 0.4) is 0 Å². The van der Waals surface area contributed by atoms with Gasteiger partial charge in [0.15, 0.2) is 5.82 Å². The number of halogens is 1. The SMILES string of the molecule is COC(=O)C[C@@H]1N=C(c2ccc(Cl)cc2)c2c(sc(C(=O)NCC(C)(C)COCC(C)(C)CNC(=O)Cn3c(=O)n([C@H](C)c4ccccn4)c4c5cc(OC)c(-c6c(C)noc6C)cc5ncc43)c2C)-n2c(C)nnc21. The van der Waals surface area contributed by atoms with E-state index in [4.69, 9.17) is 40.3 Å². The second kappa shape index (κ2) is 21.2. The number of rotatable bonds is 18. The molecule has 0 saturated carbocycles. The van der Waals surface area contributed by atoms with Crippen molar-refractivity contribution < 1.29 is 33.1 Å². The lowest BCUT2D eigenvalue weighted by molar-refractivity contribution is -0.141. The second-order valence-electron chi connectivity index (χ2n) is 20.7. The van der Waals surface area contributed by atoms with E-state index in [1.165, 1.54) is 23.0 Å². The highest BCUT2D eigenvalue weighted by molar-refractivity contribution is 7.17. The maximum absolute atomic E-state index is 14.6. The molecule has 1 aliphatic heterocycles. The summed E-state index contributed by atoms with van der Waals surface area (Å²) in [7, 11) is 2.92. The molecule has 2 atom stereocenters. The third-order valence-corrected chi connectivity index (χ3v) is 15.1. The van der Waals surface area contributed by atoms with Crippen LogP contribution in [-0.2, 0) is 25.6 Å². The molecule has 8 aromatic rings. The first-order valence-corrected chi connectivity index (χ1v) is 25.9. The summed E-state index contributed by atoms with van der Waals surface area (Å²) in [6.07, 6.45) is 3.26. The topological polar surface area (TPSA) is 225 Å². The number of aliphatic imine (C=N–C) groups is 1. The van der Waals surface area contributed by atoms with Gasteiger partial charge in [0, 0.05) is 57.2 Å². The van der Waals surface area contributed by atoms with Crippen LogP contribution in [0.2, 0.25) is 5.02 Å². The predicted octanol–water partition coefficient (Wildman–Crippen LogP) is 8.62. The van der Waals surface area contributed by atoms with Crippen molar-refractivity contribution in [2.45, 2.75) is 87.4 Å². The molecule has 0 aliphatic carbocycles. The highest BCUT2D eigenvalue weighted by atomic mass is 35.5.